The number of nitrogens with zero attached hydrogens (tertiary/aromatic N) is 2. The summed E-state index contributed by atoms with van der Waals surface area (Å²) in [6, 6.07) is 13.0. The van der Waals surface area contributed by atoms with Crippen LogP contribution in [0.15, 0.2) is 51.4 Å². The number of hydrogen-bond donors (Lipinski definition) is 2. The largest absolute Gasteiger partial charge is 0.496 e. The Kier molecular flexibility index (Phi) is 5.07. The van der Waals surface area contributed by atoms with Crippen molar-refractivity contribution in [2.75, 3.05) is 7.11 Å². The molecule has 0 saturated heterocycles. The van der Waals surface area contributed by atoms with E-state index in [1.54, 1.807) is 24.5 Å². The van der Waals surface area contributed by atoms with Gasteiger partial charge in [0, 0.05) is 5.56 Å². The quantitative estimate of drug-likeness (QED) is 0.502. The highest BCUT2D eigenvalue weighted by Gasteiger charge is 2.12. The first-order valence-corrected chi connectivity index (χ1v) is 8.56. The number of amides is 1. The van der Waals surface area contributed by atoms with E-state index in [0.717, 1.165) is 19.9 Å². The molecule has 0 bridgehead atoms. The molecule has 2 heterocycles. The summed E-state index contributed by atoms with van der Waals surface area (Å²) in [5.74, 6) is 0.292. The Bertz CT molecular complexity index is 888. The van der Waals surface area contributed by atoms with Gasteiger partial charge in [0.05, 0.1) is 27.7 Å². The minimum absolute atomic E-state index is 0.270. The van der Waals surface area contributed by atoms with Gasteiger partial charge in [0.15, 0.2) is 5.69 Å². The number of aromatic amines is 1. The lowest BCUT2D eigenvalue weighted by Gasteiger charge is -2.02. The summed E-state index contributed by atoms with van der Waals surface area (Å²) in [4.78, 5) is 13.1. The predicted octanol–water partition coefficient (Wildman–Crippen LogP) is 3.67. The number of rotatable bonds is 5. The molecule has 0 unspecified atom stereocenters. The van der Waals surface area contributed by atoms with Crippen molar-refractivity contribution in [3.05, 3.63) is 57.5 Å². The molecule has 0 aliphatic heterocycles. The van der Waals surface area contributed by atoms with E-state index < -0.39 is 0 Å². The molecule has 8 heteroatoms. The van der Waals surface area contributed by atoms with Crippen LogP contribution in [0, 0.1) is 0 Å². The molecule has 2 aromatic heterocycles. The zero-order valence-corrected chi connectivity index (χ0v) is 15.0. The lowest BCUT2D eigenvalue weighted by molar-refractivity contribution is 0.0950. The van der Waals surface area contributed by atoms with Crippen molar-refractivity contribution in [3.63, 3.8) is 0 Å². The Balaban J connectivity index is 1.67. The summed E-state index contributed by atoms with van der Waals surface area (Å²) in [5.41, 5.74) is 4.28. The van der Waals surface area contributed by atoms with Crippen LogP contribution in [0.4, 0.5) is 0 Å². The zero-order chi connectivity index (χ0) is 16.9. The van der Waals surface area contributed by atoms with Crippen molar-refractivity contribution in [2.24, 2.45) is 5.10 Å². The van der Waals surface area contributed by atoms with Gasteiger partial charge in [-0.05, 0) is 46.3 Å². The fourth-order valence-electron chi connectivity index (χ4n) is 2.01. The molecule has 0 fully saturated rings. The first kappa shape index (κ1) is 16.4. The van der Waals surface area contributed by atoms with Crippen molar-refractivity contribution in [1.82, 2.24) is 15.6 Å². The van der Waals surface area contributed by atoms with Gasteiger partial charge in [-0.3, -0.25) is 9.89 Å². The number of methoxy groups -OCH3 is 1. The van der Waals surface area contributed by atoms with Crippen LogP contribution in [0.3, 0.4) is 0 Å². The molecule has 0 aliphatic carbocycles. The van der Waals surface area contributed by atoms with E-state index in [4.69, 9.17) is 4.74 Å². The lowest BCUT2D eigenvalue weighted by atomic mass is 10.2. The van der Waals surface area contributed by atoms with E-state index in [1.165, 1.54) is 6.21 Å². The summed E-state index contributed by atoms with van der Waals surface area (Å²) in [6.45, 7) is 0. The van der Waals surface area contributed by atoms with Gasteiger partial charge in [0.1, 0.15) is 5.75 Å². The summed E-state index contributed by atoms with van der Waals surface area (Å²) >= 11 is 4.96. The highest BCUT2D eigenvalue weighted by Crippen LogP contribution is 2.30. The summed E-state index contributed by atoms with van der Waals surface area (Å²) in [7, 11) is 1.58. The van der Waals surface area contributed by atoms with Crippen LogP contribution in [-0.2, 0) is 0 Å². The number of halogens is 1. The van der Waals surface area contributed by atoms with E-state index in [9.17, 15) is 4.79 Å². The number of para-hydroxylation sites is 1. The summed E-state index contributed by atoms with van der Waals surface area (Å²) in [6.07, 6.45) is 1.53. The molecule has 0 aliphatic rings. The van der Waals surface area contributed by atoms with E-state index >= 15 is 0 Å². The molecule has 1 amide bonds. The minimum atomic E-state index is -0.390. The smallest absolute Gasteiger partial charge is 0.291 e. The molecule has 1 aromatic carbocycles. The number of carbonyl (C=O) groups excluding carboxylic acids is 1. The molecule has 3 aromatic rings. The maximum atomic E-state index is 12.1. The Morgan fingerprint density at radius 3 is 2.96 bits per heavy atom. The van der Waals surface area contributed by atoms with Crippen LogP contribution >= 0.6 is 27.3 Å². The van der Waals surface area contributed by atoms with Gasteiger partial charge in [-0.25, -0.2) is 5.43 Å². The number of thiophene rings is 1. The standard InChI is InChI=1S/C16H13BrN4O2S/c1-23-13-5-3-2-4-10(13)9-18-21-16(22)12-8-11(19-20-12)14-6-7-15(17)24-14/h2-9H,1H3,(H,19,20)(H,21,22)/b18-9-. The van der Waals surface area contributed by atoms with Crippen molar-refractivity contribution < 1.29 is 9.53 Å². The molecule has 0 saturated carbocycles. The molecule has 122 valence electrons. The number of H-pyrrole nitrogens is 1. The minimum Gasteiger partial charge on any atom is -0.496 e. The maximum absolute atomic E-state index is 12.1. The third-order valence-electron chi connectivity index (χ3n) is 3.16. The molecule has 3 rings (SSSR count). The van der Waals surface area contributed by atoms with E-state index in [1.807, 2.05) is 36.4 Å². The average Bonchev–Trinajstić information content (AvgIpc) is 3.24. The Morgan fingerprint density at radius 1 is 1.38 bits per heavy atom. The van der Waals surface area contributed by atoms with Gasteiger partial charge in [0.2, 0.25) is 0 Å². The lowest BCUT2D eigenvalue weighted by Crippen LogP contribution is -2.18. The molecular weight excluding hydrogens is 392 g/mol. The molecule has 2 N–H and O–H groups in total. The molecule has 0 radical (unpaired) electrons. The Labute approximate surface area is 150 Å². The van der Waals surface area contributed by atoms with Crippen molar-refractivity contribution in [2.45, 2.75) is 0 Å². The van der Waals surface area contributed by atoms with Gasteiger partial charge < -0.3 is 4.74 Å². The second kappa shape index (κ2) is 7.41. The van der Waals surface area contributed by atoms with Crippen LogP contribution in [0.1, 0.15) is 16.1 Å². The van der Waals surface area contributed by atoms with Crippen LogP contribution in [-0.4, -0.2) is 29.4 Å². The number of nitrogens with one attached hydrogen (secondary N) is 2. The van der Waals surface area contributed by atoms with Gasteiger partial charge in [0.25, 0.3) is 5.91 Å². The van der Waals surface area contributed by atoms with Crippen LogP contribution < -0.4 is 10.2 Å². The monoisotopic (exact) mass is 404 g/mol. The van der Waals surface area contributed by atoms with Crippen molar-refractivity contribution in [1.29, 1.82) is 0 Å². The molecule has 6 nitrogen and oxygen atoms in total. The molecular formula is C16H13BrN4O2S. The fraction of sp³-hybridized carbons (Fsp3) is 0.0625. The molecule has 24 heavy (non-hydrogen) atoms. The topological polar surface area (TPSA) is 79.4 Å². The Morgan fingerprint density at radius 2 is 2.21 bits per heavy atom. The van der Waals surface area contributed by atoms with Crippen LogP contribution in [0.2, 0.25) is 0 Å². The number of aromatic nitrogens is 2. The normalized spacial score (nSPS) is 10.9. The van der Waals surface area contributed by atoms with Crippen LogP contribution in [0.5, 0.6) is 5.75 Å². The SMILES string of the molecule is COc1ccccc1/C=N\NC(=O)c1cc(-c2ccc(Br)s2)[nH]n1. The first-order chi connectivity index (χ1) is 11.7. The van der Waals surface area contributed by atoms with Gasteiger partial charge >= 0.3 is 0 Å². The first-order valence-electron chi connectivity index (χ1n) is 6.95. The van der Waals surface area contributed by atoms with Gasteiger partial charge in [-0.15, -0.1) is 11.3 Å². The predicted molar refractivity (Wildman–Crippen MR) is 97.7 cm³/mol. The van der Waals surface area contributed by atoms with Crippen molar-refractivity contribution in [3.8, 4) is 16.3 Å². The zero-order valence-electron chi connectivity index (χ0n) is 12.6. The second-order valence-electron chi connectivity index (χ2n) is 4.71. The number of ether oxygens (including phenoxy) is 1. The van der Waals surface area contributed by atoms with Gasteiger partial charge in [-0.2, -0.15) is 10.2 Å². The van der Waals surface area contributed by atoms with Gasteiger partial charge in [-0.1, -0.05) is 12.1 Å². The summed E-state index contributed by atoms with van der Waals surface area (Å²) < 4.78 is 6.23. The second-order valence-corrected chi connectivity index (χ2v) is 7.17. The Hall–Kier alpha value is -2.45. The third kappa shape index (κ3) is 3.72. The molecule has 0 atom stereocenters. The van der Waals surface area contributed by atoms with E-state index in [2.05, 4.69) is 36.7 Å². The summed E-state index contributed by atoms with van der Waals surface area (Å²) in [5, 5.41) is 10.8. The highest BCUT2D eigenvalue weighted by molar-refractivity contribution is 9.11. The fourth-order valence-corrected chi connectivity index (χ4v) is 3.37. The van der Waals surface area contributed by atoms with E-state index in [-0.39, 0.29) is 11.6 Å². The maximum Gasteiger partial charge on any atom is 0.291 e. The number of hydrazone groups is 1. The number of carbonyl (C=O) groups is 1. The van der Waals surface area contributed by atoms with Crippen molar-refractivity contribution >= 4 is 39.4 Å². The number of benzene rings is 1. The highest BCUT2D eigenvalue weighted by atomic mass is 79.9. The number of hydrogen-bond acceptors (Lipinski definition) is 5. The third-order valence-corrected chi connectivity index (χ3v) is 4.81. The molecule has 0 spiro atoms. The van der Waals surface area contributed by atoms with Crippen LogP contribution in [0.25, 0.3) is 10.6 Å². The average molecular weight is 405 g/mol. The van der Waals surface area contributed by atoms with E-state index in [0.29, 0.717) is 5.75 Å².